The summed E-state index contributed by atoms with van der Waals surface area (Å²) >= 11 is 0. The van der Waals surface area contributed by atoms with Crippen LogP contribution in [0.1, 0.15) is 19.8 Å². The molecule has 0 spiro atoms. The zero-order valence-electron chi connectivity index (χ0n) is 8.58. The van der Waals surface area contributed by atoms with Gasteiger partial charge in [-0.15, -0.1) is 0 Å². The van der Waals surface area contributed by atoms with E-state index in [-0.39, 0.29) is 11.8 Å². The van der Waals surface area contributed by atoms with Gasteiger partial charge >= 0.3 is 0 Å². The maximum absolute atomic E-state index is 11.4. The lowest BCUT2D eigenvalue weighted by molar-refractivity contribution is -0.137. The maximum Gasteiger partial charge on any atom is 0.256 e. The number of carbonyl (C=O) groups is 2. The fraction of sp³-hybridized carbons (Fsp3) is 0.600. The highest BCUT2D eigenvalue weighted by atomic mass is 16.5. The summed E-state index contributed by atoms with van der Waals surface area (Å²) in [6.45, 7) is 2.83. The van der Waals surface area contributed by atoms with Crippen LogP contribution in [0.5, 0.6) is 0 Å². The van der Waals surface area contributed by atoms with Crippen molar-refractivity contribution in [3.63, 3.8) is 0 Å². The molecule has 4 nitrogen and oxygen atoms in total. The minimum atomic E-state index is -0.190. The van der Waals surface area contributed by atoms with E-state index < -0.39 is 0 Å². The molecule has 0 aromatic rings. The van der Waals surface area contributed by atoms with Gasteiger partial charge in [0, 0.05) is 31.9 Å². The van der Waals surface area contributed by atoms with Crippen molar-refractivity contribution in [3.05, 3.63) is 11.6 Å². The Kier molecular flexibility index (Phi) is 3.83. The summed E-state index contributed by atoms with van der Waals surface area (Å²) < 4.78 is 4.88. The molecule has 2 amide bonds. The molecule has 0 aliphatic carbocycles. The number of nitrogens with zero attached hydrogens (tertiary/aromatic N) is 1. The van der Waals surface area contributed by atoms with Crippen LogP contribution in [-0.2, 0) is 14.3 Å². The maximum atomic E-state index is 11.4. The standard InChI is InChI=1S/C10H15NO3/c1-8-7-9(12)11(10(8)13)5-3-4-6-14-2/h7H,3-6H2,1-2H3. The number of ether oxygens (including phenoxy) is 1. The van der Waals surface area contributed by atoms with Gasteiger partial charge < -0.3 is 4.74 Å². The average molecular weight is 197 g/mol. The number of carbonyl (C=O) groups excluding carboxylic acids is 2. The average Bonchev–Trinajstić information content (AvgIpc) is 2.38. The lowest BCUT2D eigenvalue weighted by atomic mass is 10.3. The summed E-state index contributed by atoms with van der Waals surface area (Å²) in [6, 6.07) is 0. The molecular weight excluding hydrogens is 182 g/mol. The minimum Gasteiger partial charge on any atom is -0.385 e. The van der Waals surface area contributed by atoms with E-state index in [4.69, 9.17) is 4.74 Å². The highest BCUT2D eigenvalue weighted by molar-refractivity contribution is 6.15. The molecule has 1 rings (SSSR count). The molecule has 0 N–H and O–H groups in total. The third-order valence-corrected chi connectivity index (χ3v) is 2.17. The van der Waals surface area contributed by atoms with E-state index in [1.165, 1.54) is 11.0 Å². The Balaban J connectivity index is 2.33. The Hall–Kier alpha value is -1.16. The van der Waals surface area contributed by atoms with Crippen molar-refractivity contribution in [2.24, 2.45) is 0 Å². The van der Waals surface area contributed by atoms with Gasteiger partial charge in [0.05, 0.1) is 0 Å². The topological polar surface area (TPSA) is 46.6 Å². The van der Waals surface area contributed by atoms with Crippen LogP contribution in [-0.4, -0.2) is 37.0 Å². The molecule has 0 atom stereocenters. The van der Waals surface area contributed by atoms with Crippen LogP contribution < -0.4 is 0 Å². The molecule has 0 bridgehead atoms. The summed E-state index contributed by atoms with van der Waals surface area (Å²) in [5.74, 6) is -0.350. The Morgan fingerprint density at radius 1 is 1.36 bits per heavy atom. The first-order valence-electron chi connectivity index (χ1n) is 4.70. The van der Waals surface area contributed by atoms with Gasteiger partial charge in [-0.3, -0.25) is 14.5 Å². The van der Waals surface area contributed by atoms with Crippen LogP contribution in [0, 0.1) is 0 Å². The first-order chi connectivity index (χ1) is 6.66. The SMILES string of the molecule is COCCCCN1C(=O)C=C(C)C1=O. The fourth-order valence-electron chi connectivity index (χ4n) is 1.37. The van der Waals surface area contributed by atoms with Crippen LogP contribution in [0.3, 0.4) is 0 Å². The van der Waals surface area contributed by atoms with E-state index in [1.807, 2.05) is 0 Å². The number of rotatable bonds is 5. The van der Waals surface area contributed by atoms with E-state index in [2.05, 4.69) is 0 Å². The molecular formula is C10H15NO3. The molecule has 0 aromatic carbocycles. The van der Waals surface area contributed by atoms with Crippen LogP contribution >= 0.6 is 0 Å². The first-order valence-corrected chi connectivity index (χ1v) is 4.70. The third-order valence-electron chi connectivity index (χ3n) is 2.17. The highest BCUT2D eigenvalue weighted by Gasteiger charge is 2.27. The van der Waals surface area contributed by atoms with Crippen molar-refractivity contribution in [1.29, 1.82) is 0 Å². The van der Waals surface area contributed by atoms with Crippen LogP contribution in [0.2, 0.25) is 0 Å². The number of amides is 2. The zero-order chi connectivity index (χ0) is 10.6. The molecule has 0 unspecified atom stereocenters. The second-order valence-electron chi connectivity index (χ2n) is 3.32. The summed E-state index contributed by atoms with van der Waals surface area (Å²) in [4.78, 5) is 23.9. The summed E-state index contributed by atoms with van der Waals surface area (Å²) in [5, 5.41) is 0. The zero-order valence-corrected chi connectivity index (χ0v) is 8.58. The molecule has 0 saturated heterocycles. The number of methoxy groups -OCH3 is 1. The van der Waals surface area contributed by atoms with Gasteiger partial charge in [-0.2, -0.15) is 0 Å². The normalized spacial score (nSPS) is 16.4. The van der Waals surface area contributed by atoms with Crippen molar-refractivity contribution >= 4 is 11.8 Å². The van der Waals surface area contributed by atoms with Gasteiger partial charge in [-0.05, 0) is 19.8 Å². The van der Waals surface area contributed by atoms with E-state index in [0.29, 0.717) is 18.7 Å². The number of unbranched alkanes of at least 4 members (excludes halogenated alkanes) is 1. The van der Waals surface area contributed by atoms with Gasteiger partial charge in [0.1, 0.15) is 0 Å². The molecule has 78 valence electrons. The second-order valence-corrected chi connectivity index (χ2v) is 3.32. The van der Waals surface area contributed by atoms with Gasteiger partial charge in [-0.25, -0.2) is 0 Å². The monoisotopic (exact) mass is 197 g/mol. The molecule has 0 saturated carbocycles. The third kappa shape index (κ3) is 2.42. The number of imide groups is 1. The summed E-state index contributed by atoms with van der Waals surface area (Å²) in [7, 11) is 1.64. The Bertz CT molecular complexity index is 271. The Labute approximate surface area is 83.5 Å². The van der Waals surface area contributed by atoms with Crippen molar-refractivity contribution in [3.8, 4) is 0 Å². The largest absolute Gasteiger partial charge is 0.385 e. The van der Waals surface area contributed by atoms with Crippen molar-refractivity contribution in [2.45, 2.75) is 19.8 Å². The van der Waals surface area contributed by atoms with E-state index in [0.717, 1.165) is 12.8 Å². The van der Waals surface area contributed by atoms with E-state index >= 15 is 0 Å². The second kappa shape index (κ2) is 4.91. The quantitative estimate of drug-likeness (QED) is 0.482. The molecule has 0 radical (unpaired) electrons. The smallest absolute Gasteiger partial charge is 0.256 e. The highest BCUT2D eigenvalue weighted by Crippen LogP contribution is 2.12. The van der Waals surface area contributed by atoms with Crippen molar-refractivity contribution < 1.29 is 14.3 Å². The number of hydrogen-bond acceptors (Lipinski definition) is 3. The van der Waals surface area contributed by atoms with Gasteiger partial charge in [0.2, 0.25) is 0 Å². The summed E-state index contributed by atoms with van der Waals surface area (Å²) in [6.07, 6.45) is 3.05. The summed E-state index contributed by atoms with van der Waals surface area (Å²) in [5.41, 5.74) is 0.529. The van der Waals surface area contributed by atoms with E-state index in [9.17, 15) is 9.59 Å². The fourth-order valence-corrected chi connectivity index (χ4v) is 1.37. The van der Waals surface area contributed by atoms with E-state index in [1.54, 1.807) is 14.0 Å². The first kappa shape index (κ1) is 10.9. The molecule has 0 aromatic heterocycles. The molecule has 4 heteroatoms. The van der Waals surface area contributed by atoms with Crippen molar-refractivity contribution in [1.82, 2.24) is 4.90 Å². The Morgan fingerprint density at radius 2 is 2.07 bits per heavy atom. The van der Waals surface area contributed by atoms with Crippen LogP contribution in [0.15, 0.2) is 11.6 Å². The lowest BCUT2D eigenvalue weighted by Gasteiger charge is -2.13. The van der Waals surface area contributed by atoms with Crippen LogP contribution in [0.4, 0.5) is 0 Å². The lowest BCUT2D eigenvalue weighted by Crippen LogP contribution is -2.31. The van der Waals surface area contributed by atoms with Gasteiger partial charge in [-0.1, -0.05) is 0 Å². The molecule has 1 heterocycles. The van der Waals surface area contributed by atoms with Crippen molar-refractivity contribution in [2.75, 3.05) is 20.3 Å². The molecule has 14 heavy (non-hydrogen) atoms. The molecule has 1 aliphatic heterocycles. The van der Waals surface area contributed by atoms with Gasteiger partial charge in [0.25, 0.3) is 11.8 Å². The molecule has 0 fully saturated rings. The predicted octanol–water partition coefficient (Wildman–Crippen LogP) is 0.728. The minimum absolute atomic E-state index is 0.160. The number of hydrogen-bond donors (Lipinski definition) is 0. The van der Waals surface area contributed by atoms with Crippen LogP contribution in [0.25, 0.3) is 0 Å². The Morgan fingerprint density at radius 3 is 2.57 bits per heavy atom. The predicted molar refractivity (Wildman–Crippen MR) is 51.6 cm³/mol. The van der Waals surface area contributed by atoms with Gasteiger partial charge in [0.15, 0.2) is 0 Å². The molecule has 1 aliphatic rings.